The molecule has 5 N–H and O–H groups in total. The topological polar surface area (TPSA) is 101 Å². The molecule has 2 rings (SSSR count). The fourth-order valence-corrected chi connectivity index (χ4v) is 4.12. The zero-order chi connectivity index (χ0) is 22.5. The molecule has 2 amide bonds. The normalized spacial score (nSPS) is 12.9. The molecule has 0 fully saturated rings. The number of nitrogen functional groups attached to an aromatic ring is 1. The van der Waals surface area contributed by atoms with Crippen molar-refractivity contribution in [2.45, 2.75) is 45.6 Å². The number of carbonyl (C=O) groups is 2. The summed E-state index contributed by atoms with van der Waals surface area (Å²) in [5.74, 6) is -0.410. The van der Waals surface area contributed by atoms with Crippen LogP contribution in [-0.4, -0.2) is 35.8 Å². The molecule has 2 aromatic rings. The number of rotatable bonds is 8. The largest absolute Gasteiger partial charge is 0.399 e. The maximum Gasteiger partial charge on any atom is 0.250 e. The molecule has 0 saturated carbocycles. The Labute approximate surface area is 183 Å². The van der Waals surface area contributed by atoms with E-state index in [0.717, 1.165) is 16.7 Å². The van der Waals surface area contributed by atoms with Gasteiger partial charge in [0.15, 0.2) is 0 Å². The molecule has 1 unspecified atom stereocenters. The first-order valence-corrected chi connectivity index (χ1v) is 10.4. The van der Waals surface area contributed by atoms with Crippen LogP contribution < -0.4 is 16.8 Å². The third-order valence-electron chi connectivity index (χ3n) is 5.74. The molecule has 0 radical (unpaired) electrons. The smallest absolute Gasteiger partial charge is 0.250 e. The van der Waals surface area contributed by atoms with Gasteiger partial charge in [-0.25, -0.2) is 0 Å². The fourth-order valence-electron chi connectivity index (χ4n) is 3.79. The summed E-state index contributed by atoms with van der Waals surface area (Å²) < 4.78 is 0. The van der Waals surface area contributed by atoms with E-state index in [1.807, 2.05) is 32.9 Å². The van der Waals surface area contributed by atoms with Crippen LogP contribution >= 0.6 is 11.6 Å². The van der Waals surface area contributed by atoms with E-state index in [-0.39, 0.29) is 24.8 Å². The van der Waals surface area contributed by atoms with Crippen molar-refractivity contribution in [2.24, 2.45) is 5.73 Å². The fraction of sp³-hybridized carbons (Fsp3) is 0.391. The van der Waals surface area contributed by atoms with Crippen molar-refractivity contribution in [1.82, 2.24) is 4.90 Å². The van der Waals surface area contributed by atoms with Gasteiger partial charge < -0.3 is 21.7 Å². The average Bonchev–Trinajstić information content (AvgIpc) is 2.69. The summed E-state index contributed by atoms with van der Waals surface area (Å²) >= 11 is 6.12. The van der Waals surface area contributed by atoms with Crippen molar-refractivity contribution in [2.75, 3.05) is 24.6 Å². The van der Waals surface area contributed by atoms with E-state index >= 15 is 0 Å². The summed E-state index contributed by atoms with van der Waals surface area (Å²) in [6.45, 7) is 6.03. The first-order valence-electron chi connectivity index (χ1n) is 10.0. The van der Waals surface area contributed by atoms with Gasteiger partial charge in [0, 0.05) is 23.4 Å². The van der Waals surface area contributed by atoms with Gasteiger partial charge in [0.2, 0.25) is 11.8 Å². The van der Waals surface area contributed by atoms with Crippen LogP contribution in [0.3, 0.4) is 0 Å². The van der Waals surface area contributed by atoms with Gasteiger partial charge >= 0.3 is 0 Å². The number of hydrogen-bond donors (Lipinski definition) is 3. The second-order valence-electron chi connectivity index (χ2n) is 7.65. The first kappa shape index (κ1) is 23.7. The Balaban J connectivity index is 2.31. The Morgan fingerprint density at radius 3 is 2.20 bits per heavy atom. The average molecular weight is 431 g/mol. The number of nitrogens with one attached hydrogen (secondary N) is 1. The van der Waals surface area contributed by atoms with Gasteiger partial charge in [0.1, 0.15) is 5.54 Å². The van der Waals surface area contributed by atoms with Crippen molar-refractivity contribution in [3.05, 3.63) is 58.1 Å². The molecule has 7 heteroatoms. The number of benzene rings is 2. The van der Waals surface area contributed by atoms with Crippen LogP contribution in [0.15, 0.2) is 36.4 Å². The Bertz CT molecular complexity index is 891. The molecule has 0 bridgehead atoms. The van der Waals surface area contributed by atoms with Crippen LogP contribution in [0, 0.1) is 13.8 Å². The molecule has 0 heterocycles. The van der Waals surface area contributed by atoms with Crippen LogP contribution in [0.1, 0.15) is 36.5 Å². The monoisotopic (exact) mass is 430 g/mol. The van der Waals surface area contributed by atoms with Crippen molar-refractivity contribution in [3.8, 4) is 0 Å². The summed E-state index contributed by atoms with van der Waals surface area (Å²) in [4.78, 5) is 28.1. The quantitative estimate of drug-likeness (QED) is 0.556. The van der Waals surface area contributed by atoms with Gasteiger partial charge in [-0.15, -0.1) is 0 Å². The highest BCUT2D eigenvalue weighted by molar-refractivity contribution is 6.30. The van der Waals surface area contributed by atoms with E-state index in [0.29, 0.717) is 29.2 Å². The third-order valence-corrected chi connectivity index (χ3v) is 5.96. The molecule has 162 valence electrons. The predicted molar refractivity (Wildman–Crippen MR) is 124 cm³/mol. The van der Waals surface area contributed by atoms with Crippen LogP contribution in [0.25, 0.3) is 0 Å². The number of nitrogens with two attached hydrogens (primary N) is 2. The highest BCUT2D eigenvalue weighted by atomic mass is 35.5. The highest BCUT2D eigenvalue weighted by Gasteiger charge is 2.42. The maximum absolute atomic E-state index is 13.3. The zero-order valence-corrected chi connectivity index (χ0v) is 18.8. The summed E-state index contributed by atoms with van der Waals surface area (Å²) in [7, 11) is 1.67. The Hall–Kier alpha value is -2.57. The number of anilines is 2. The molecule has 0 spiro atoms. The summed E-state index contributed by atoms with van der Waals surface area (Å²) in [6, 6.07) is 10.6. The second-order valence-corrected chi connectivity index (χ2v) is 8.08. The van der Waals surface area contributed by atoms with E-state index in [1.165, 1.54) is 0 Å². The van der Waals surface area contributed by atoms with Crippen molar-refractivity contribution in [3.63, 3.8) is 0 Å². The van der Waals surface area contributed by atoms with Gasteiger partial charge in [0.25, 0.3) is 0 Å². The van der Waals surface area contributed by atoms with Gasteiger partial charge in [-0.3, -0.25) is 9.59 Å². The minimum atomic E-state index is -1.05. The highest BCUT2D eigenvalue weighted by Crippen LogP contribution is 2.28. The molecule has 0 aliphatic carbocycles. The molecule has 0 saturated heterocycles. The molecule has 6 nitrogen and oxygen atoms in total. The number of hydrogen-bond acceptors (Lipinski definition) is 4. The van der Waals surface area contributed by atoms with E-state index in [4.69, 9.17) is 23.1 Å². The summed E-state index contributed by atoms with van der Waals surface area (Å²) in [6.07, 6.45) is 0.976. The molecular weight excluding hydrogens is 400 g/mol. The Kier molecular flexibility index (Phi) is 7.87. The van der Waals surface area contributed by atoms with Crippen molar-refractivity contribution >= 4 is 34.8 Å². The molecule has 1 atom stereocenters. The van der Waals surface area contributed by atoms with Gasteiger partial charge in [0.05, 0.1) is 6.42 Å². The van der Waals surface area contributed by atoms with Gasteiger partial charge in [-0.1, -0.05) is 18.5 Å². The van der Waals surface area contributed by atoms with Gasteiger partial charge in [-0.2, -0.15) is 0 Å². The molecule has 30 heavy (non-hydrogen) atoms. The lowest BCUT2D eigenvalue weighted by Crippen LogP contribution is -2.58. The SMILES string of the molecule is CCC(CCN)(C(=O)Nc1ccc(N)cc1)N(C)C(=O)Cc1c(C)cc(Cl)cc1C. The van der Waals surface area contributed by atoms with Crippen LogP contribution in [0.4, 0.5) is 11.4 Å². The second kappa shape index (κ2) is 9.96. The van der Waals surface area contributed by atoms with Crippen LogP contribution in [0.5, 0.6) is 0 Å². The Morgan fingerprint density at radius 2 is 1.70 bits per heavy atom. The molecule has 2 aromatic carbocycles. The van der Waals surface area contributed by atoms with E-state index in [9.17, 15) is 9.59 Å². The van der Waals surface area contributed by atoms with E-state index in [1.54, 1.807) is 36.2 Å². The standard InChI is InChI=1S/C23H31ClN4O2/c1-5-23(10-11-25,22(30)27-19-8-6-18(26)7-9-19)28(4)21(29)14-20-15(2)12-17(24)13-16(20)3/h6-9,12-13H,5,10-11,14,25-26H2,1-4H3,(H,27,30). The minimum absolute atomic E-state index is 0.147. The van der Waals surface area contributed by atoms with E-state index < -0.39 is 5.54 Å². The number of nitrogens with zero attached hydrogens (tertiary/aromatic N) is 1. The number of aryl methyl sites for hydroxylation is 2. The van der Waals surface area contributed by atoms with Crippen LogP contribution in [-0.2, 0) is 16.0 Å². The molecule has 0 aromatic heterocycles. The number of halogens is 1. The maximum atomic E-state index is 13.3. The molecular formula is C23H31ClN4O2. The van der Waals surface area contributed by atoms with Crippen molar-refractivity contribution < 1.29 is 9.59 Å². The lowest BCUT2D eigenvalue weighted by Gasteiger charge is -2.40. The predicted octanol–water partition coefficient (Wildman–Crippen LogP) is 3.68. The lowest BCUT2D eigenvalue weighted by molar-refractivity contribution is -0.143. The lowest BCUT2D eigenvalue weighted by atomic mass is 9.87. The Morgan fingerprint density at radius 1 is 1.13 bits per heavy atom. The third kappa shape index (κ3) is 5.12. The zero-order valence-electron chi connectivity index (χ0n) is 18.1. The molecule has 0 aliphatic heterocycles. The first-order chi connectivity index (χ1) is 14.1. The summed E-state index contributed by atoms with van der Waals surface area (Å²) in [5, 5.41) is 3.56. The summed E-state index contributed by atoms with van der Waals surface area (Å²) in [5.41, 5.74) is 14.6. The van der Waals surface area contributed by atoms with Crippen molar-refractivity contribution in [1.29, 1.82) is 0 Å². The number of carbonyl (C=O) groups excluding carboxylic acids is 2. The van der Waals surface area contributed by atoms with Crippen LogP contribution in [0.2, 0.25) is 5.02 Å². The number of amides is 2. The van der Waals surface area contributed by atoms with Gasteiger partial charge in [-0.05, 0) is 86.3 Å². The van der Waals surface area contributed by atoms with E-state index in [2.05, 4.69) is 5.32 Å². The molecule has 0 aliphatic rings. The number of likely N-dealkylation sites (N-methyl/N-ethyl adjacent to an activating group) is 1. The minimum Gasteiger partial charge on any atom is -0.399 e.